The molecule has 0 bridgehead atoms. The van der Waals surface area contributed by atoms with Gasteiger partial charge in [-0.25, -0.2) is 9.18 Å². The number of halogens is 1. The molecule has 1 N–H and O–H groups in total. The van der Waals surface area contributed by atoms with Crippen LogP contribution in [0.5, 0.6) is 0 Å². The smallest absolute Gasteiger partial charge is 0.325 e. The van der Waals surface area contributed by atoms with Gasteiger partial charge in [-0.3, -0.25) is 14.5 Å². The van der Waals surface area contributed by atoms with Crippen LogP contribution >= 0.6 is 0 Å². The fraction of sp³-hybridized carbons (Fsp3) is 0.389. The number of likely N-dealkylation sites (N-methyl/N-ethyl adjacent to an activating group) is 1. The molecule has 7 heteroatoms. The van der Waals surface area contributed by atoms with Gasteiger partial charge in [0.05, 0.1) is 0 Å². The molecule has 2 rings (SSSR count). The SMILES string of the molecule is C=C(C)CN(CC)C(=O)CN1C(=O)N[C@](C)(c2ccccc2F)C1=O. The number of carbonyl (C=O) groups is 3. The molecule has 0 aliphatic carbocycles. The zero-order chi connectivity index (χ0) is 18.8. The van der Waals surface area contributed by atoms with Gasteiger partial charge in [0.1, 0.15) is 17.9 Å². The van der Waals surface area contributed by atoms with E-state index < -0.39 is 29.8 Å². The molecule has 1 saturated heterocycles. The number of rotatable bonds is 6. The van der Waals surface area contributed by atoms with Crippen molar-refractivity contribution in [1.82, 2.24) is 15.1 Å². The van der Waals surface area contributed by atoms with Crippen LogP contribution in [0.15, 0.2) is 36.4 Å². The number of imide groups is 1. The molecule has 0 unspecified atom stereocenters. The minimum atomic E-state index is -1.53. The maximum absolute atomic E-state index is 14.1. The highest BCUT2D eigenvalue weighted by molar-refractivity contribution is 6.09. The largest absolute Gasteiger partial charge is 0.337 e. The molecular formula is C18H22FN3O3. The van der Waals surface area contributed by atoms with Crippen molar-refractivity contribution in [1.29, 1.82) is 0 Å². The summed E-state index contributed by atoms with van der Waals surface area (Å²) in [6.45, 7) is 9.18. The summed E-state index contributed by atoms with van der Waals surface area (Å²) < 4.78 is 14.1. The summed E-state index contributed by atoms with van der Waals surface area (Å²) in [5.41, 5.74) is -0.671. The maximum atomic E-state index is 14.1. The van der Waals surface area contributed by atoms with Crippen LogP contribution in [0.4, 0.5) is 9.18 Å². The van der Waals surface area contributed by atoms with E-state index in [4.69, 9.17) is 0 Å². The predicted molar refractivity (Wildman–Crippen MR) is 91.1 cm³/mol. The summed E-state index contributed by atoms with van der Waals surface area (Å²) in [6.07, 6.45) is 0. The minimum Gasteiger partial charge on any atom is -0.337 e. The number of benzene rings is 1. The van der Waals surface area contributed by atoms with E-state index in [1.807, 2.05) is 0 Å². The number of carbonyl (C=O) groups excluding carboxylic acids is 3. The standard InChI is InChI=1S/C18H22FN3O3/c1-5-21(10-12(2)3)15(23)11-22-16(24)18(4,20-17(22)25)13-8-6-7-9-14(13)19/h6-9H,2,5,10-11H2,1,3-4H3,(H,20,25)/t18-/m1/s1. The lowest BCUT2D eigenvalue weighted by Gasteiger charge is -2.25. The third-order valence-electron chi connectivity index (χ3n) is 4.18. The molecule has 1 aliphatic heterocycles. The molecule has 0 spiro atoms. The van der Waals surface area contributed by atoms with Crippen LogP contribution in [0.3, 0.4) is 0 Å². The molecule has 134 valence electrons. The lowest BCUT2D eigenvalue weighted by atomic mass is 9.91. The maximum Gasteiger partial charge on any atom is 0.325 e. The number of nitrogens with one attached hydrogen (secondary N) is 1. The fourth-order valence-electron chi connectivity index (χ4n) is 2.83. The van der Waals surface area contributed by atoms with E-state index in [9.17, 15) is 18.8 Å². The minimum absolute atomic E-state index is 0.0672. The zero-order valence-electron chi connectivity index (χ0n) is 14.6. The Bertz CT molecular complexity index is 734. The molecular weight excluding hydrogens is 325 g/mol. The van der Waals surface area contributed by atoms with Crippen LogP contribution in [0.25, 0.3) is 0 Å². The molecule has 6 nitrogen and oxygen atoms in total. The second-order valence-corrected chi connectivity index (χ2v) is 6.29. The van der Waals surface area contributed by atoms with Gasteiger partial charge in [-0.15, -0.1) is 0 Å². The Morgan fingerprint density at radius 1 is 1.36 bits per heavy atom. The molecule has 1 aromatic rings. The molecule has 25 heavy (non-hydrogen) atoms. The molecule has 1 aliphatic rings. The van der Waals surface area contributed by atoms with Gasteiger partial charge >= 0.3 is 6.03 Å². The Hall–Kier alpha value is -2.70. The summed E-state index contributed by atoms with van der Waals surface area (Å²) >= 11 is 0. The number of amides is 4. The molecule has 1 atom stereocenters. The van der Waals surface area contributed by atoms with Crippen LogP contribution in [-0.2, 0) is 15.1 Å². The quantitative estimate of drug-likeness (QED) is 0.632. The van der Waals surface area contributed by atoms with Gasteiger partial charge in [0, 0.05) is 18.7 Å². The fourth-order valence-corrected chi connectivity index (χ4v) is 2.83. The van der Waals surface area contributed by atoms with Crippen molar-refractivity contribution < 1.29 is 18.8 Å². The van der Waals surface area contributed by atoms with Crippen molar-refractivity contribution >= 4 is 17.8 Å². The predicted octanol–water partition coefficient (Wildman–Crippen LogP) is 2.02. The first kappa shape index (κ1) is 18.6. The van der Waals surface area contributed by atoms with Gasteiger partial charge < -0.3 is 10.2 Å². The van der Waals surface area contributed by atoms with E-state index in [-0.39, 0.29) is 11.5 Å². The summed E-state index contributed by atoms with van der Waals surface area (Å²) in [5, 5.41) is 2.50. The van der Waals surface area contributed by atoms with Crippen molar-refractivity contribution in [3.05, 3.63) is 47.8 Å². The third-order valence-corrected chi connectivity index (χ3v) is 4.18. The van der Waals surface area contributed by atoms with Gasteiger partial charge in [0.15, 0.2) is 0 Å². The van der Waals surface area contributed by atoms with Crippen molar-refractivity contribution in [2.45, 2.75) is 26.3 Å². The van der Waals surface area contributed by atoms with Crippen LogP contribution < -0.4 is 5.32 Å². The van der Waals surface area contributed by atoms with Gasteiger partial charge in [-0.1, -0.05) is 30.4 Å². The summed E-state index contributed by atoms with van der Waals surface area (Å²) in [7, 11) is 0. The first-order valence-electron chi connectivity index (χ1n) is 8.02. The highest BCUT2D eigenvalue weighted by Crippen LogP contribution is 2.30. The third kappa shape index (κ3) is 3.55. The van der Waals surface area contributed by atoms with Crippen molar-refractivity contribution in [3.8, 4) is 0 Å². The average molecular weight is 347 g/mol. The number of urea groups is 1. The average Bonchev–Trinajstić information content (AvgIpc) is 2.76. The molecule has 4 amide bonds. The first-order chi connectivity index (χ1) is 11.7. The highest BCUT2D eigenvalue weighted by atomic mass is 19.1. The second kappa shape index (κ2) is 7.04. The summed E-state index contributed by atoms with van der Waals surface area (Å²) in [6, 6.07) is 5.04. The summed E-state index contributed by atoms with van der Waals surface area (Å²) in [4.78, 5) is 39.7. The van der Waals surface area contributed by atoms with E-state index >= 15 is 0 Å². The van der Waals surface area contributed by atoms with Crippen molar-refractivity contribution in [3.63, 3.8) is 0 Å². The van der Waals surface area contributed by atoms with E-state index in [2.05, 4.69) is 11.9 Å². The normalized spacial score (nSPS) is 19.8. The summed E-state index contributed by atoms with van der Waals surface area (Å²) in [5.74, 6) is -1.61. The van der Waals surface area contributed by atoms with Crippen LogP contribution in [0.2, 0.25) is 0 Å². The number of hydrogen-bond donors (Lipinski definition) is 1. The van der Waals surface area contributed by atoms with Gasteiger partial charge in [0.2, 0.25) is 5.91 Å². The zero-order valence-corrected chi connectivity index (χ0v) is 14.6. The van der Waals surface area contributed by atoms with E-state index in [1.54, 1.807) is 19.9 Å². The van der Waals surface area contributed by atoms with Crippen LogP contribution in [-0.4, -0.2) is 47.3 Å². The first-order valence-corrected chi connectivity index (χ1v) is 8.02. The van der Waals surface area contributed by atoms with Crippen LogP contribution in [0, 0.1) is 5.82 Å². The number of nitrogens with zero attached hydrogens (tertiary/aromatic N) is 2. The van der Waals surface area contributed by atoms with Gasteiger partial charge in [-0.05, 0) is 26.8 Å². The molecule has 0 saturated carbocycles. The van der Waals surface area contributed by atoms with Gasteiger partial charge in [-0.2, -0.15) is 0 Å². The van der Waals surface area contributed by atoms with Crippen molar-refractivity contribution in [2.24, 2.45) is 0 Å². The Balaban J connectivity index is 2.23. The van der Waals surface area contributed by atoms with Gasteiger partial charge in [0.25, 0.3) is 5.91 Å². The monoisotopic (exact) mass is 347 g/mol. The van der Waals surface area contributed by atoms with E-state index in [1.165, 1.54) is 30.0 Å². The van der Waals surface area contributed by atoms with Crippen LogP contribution in [0.1, 0.15) is 26.3 Å². The molecule has 0 aromatic heterocycles. The van der Waals surface area contributed by atoms with Crippen molar-refractivity contribution in [2.75, 3.05) is 19.6 Å². The lowest BCUT2D eigenvalue weighted by molar-refractivity contribution is -0.138. The Morgan fingerprint density at radius 3 is 2.56 bits per heavy atom. The Kier molecular flexibility index (Phi) is 5.25. The Morgan fingerprint density at radius 2 is 2.00 bits per heavy atom. The number of hydrogen-bond acceptors (Lipinski definition) is 3. The van der Waals surface area contributed by atoms with E-state index in [0.29, 0.717) is 13.1 Å². The molecule has 1 aromatic carbocycles. The topological polar surface area (TPSA) is 69.7 Å². The molecule has 1 fully saturated rings. The van der Waals surface area contributed by atoms with E-state index in [0.717, 1.165) is 10.5 Å². The molecule has 1 heterocycles. The molecule has 0 radical (unpaired) electrons. The Labute approximate surface area is 146 Å². The second-order valence-electron chi connectivity index (χ2n) is 6.29. The lowest BCUT2D eigenvalue weighted by Crippen LogP contribution is -2.45. The highest BCUT2D eigenvalue weighted by Gasteiger charge is 2.50.